The summed E-state index contributed by atoms with van der Waals surface area (Å²) in [6.07, 6.45) is -13.4. The Morgan fingerprint density at radius 1 is 0.456 bits per heavy atom. The molecule has 1 aromatic rings. The minimum Gasteiger partial charge on any atom is -0.394 e. The van der Waals surface area contributed by atoms with Gasteiger partial charge in [-0.25, -0.2) is 4.79 Å². The van der Waals surface area contributed by atoms with Crippen LogP contribution < -0.4 is 43.0 Å². The van der Waals surface area contributed by atoms with E-state index in [2.05, 4.69) is 37.2 Å². The number of aliphatic hydroxyl groups is 10. The molecular formula is C77H133IN10O36S. The predicted octanol–water partition coefficient (Wildman–Crippen LogP) is -6.13. The van der Waals surface area contributed by atoms with E-state index in [1.807, 2.05) is 0 Å². The summed E-state index contributed by atoms with van der Waals surface area (Å²) in [5.41, 5.74) is 6.55. The van der Waals surface area contributed by atoms with Crippen molar-refractivity contribution in [3.63, 3.8) is 0 Å². The van der Waals surface area contributed by atoms with Crippen LogP contribution in [0.15, 0.2) is 36.4 Å². The number of anilines is 1. The van der Waals surface area contributed by atoms with Gasteiger partial charge in [0.2, 0.25) is 41.4 Å². The maximum absolute atomic E-state index is 14.1. The van der Waals surface area contributed by atoms with Gasteiger partial charge in [-0.05, 0) is 68.6 Å². The number of carbonyl (C=O) groups excluding carboxylic acids is 10. The van der Waals surface area contributed by atoms with Crippen molar-refractivity contribution in [2.45, 2.75) is 163 Å². The first kappa shape index (κ1) is 114. The van der Waals surface area contributed by atoms with Gasteiger partial charge in [-0.2, -0.15) is 8.42 Å². The van der Waals surface area contributed by atoms with Gasteiger partial charge in [-0.15, -0.1) is 0 Å². The average molecular weight is 1930 g/mol. The van der Waals surface area contributed by atoms with Crippen molar-refractivity contribution in [2.75, 3.05) is 216 Å². The second-order valence-electron chi connectivity index (χ2n) is 28.6. The van der Waals surface area contributed by atoms with Crippen LogP contribution in [0.1, 0.15) is 90.0 Å². The molecule has 1 heterocycles. The van der Waals surface area contributed by atoms with Crippen LogP contribution in [-0.4, -0.2) is 416 Å². The van der Waals surface area contributed by atoms with Gasteiger partial charge in [0.1, 0.15) is 90.0 Å². The van der Waals surface area contributed by atoms with Gasteiger partial charge >= 0.3 is 6.03 Å². The Bertz CT molecular complexity index is 3270. The second kappa shape index (κ2) is 70.3. The number of urea groups is 1. The molecule has 0 saturated carbocycles. The van der Waals surface area contributed by atoms with Gasteiger partial charge in [-0.1, -0.05) is 32.4 Å². The SMILES string of the molecule is CC(C)[C@H](NC(=O)[C@H](CCCCNC(=O)CCOCCOCCOCCOCCOCCOCCOCCOCCOCCOCCOCCOCCNC(=O)C(CC(=O)N(C[C@H](O)[C@@H](O)[C@H](O)[C@H](O)CO)C[C@H](O)[C@@H](O)[C@H](O)[C@H](O)CO)S(=O)(=O)O)NC(=O)CCCCCN1C(=O)C=CC1=O)C(=O)N[C@@H](CCCNC(N)=O)C(=O)Nc1ccc(COI)cc1. The highest BCUT2D eigenvalue weighted by Gasteiger charge is 2.40. The lowest BCUT2D eigenvalue weighted by Gasteiger charge is -2.34. The van der Waals surface area contributed by atoms with Gasteiger partial charge in [0.25, 0.3) is 21.9 Å². The van der Waals surface area contributed by atoms with Crippen LogP contribution in [0.4, 0.5) is 10.5 Å². The van der Waals surface area contributed by atoms with Crippen molar-refractivity contribution < 1.29 is 172 Å². The Labute approximate surface area is 741 Å². The molecule has 2 rings (SSSR count). The fourth-order valence-corrected chi connectivity index (χ4v) is 12.3. The maximum atomic E-state index is 14.1. The summed E-state index contributed by atoms with van der Waals surface area (Å²) in [7, 11) is -5.34. The lowest BCUT2D eigenvalue weighted by molar-refractivity contribution is -0.148. The number of carbonyl (C=O) groups is 10. The molecular weight excluding hydrogens is 1800 g/mol. The minimum atomic E-state index is -5.34. The first-order chi connectivity index (χ1) is 59.9. The molecule has 0 aromatic heterocycles. The minimum absolute atomic E-state index is 0.0309. The number of unbranched alkanes of at least 4 members (excludes halogenated alkanes) is 3. The van der Waals surface area contributed by atoms with Crippen molar-refractivity contribution in [3.8, 4) is 0 Å². The van der Waals surface area contributed by atoms with Gasteiger partial charge in [0.05, 0.1) is 185 Å². The number of halogens is 1. The third-order valence-corrected chi connectivity index (χ3v) is 19.7. The summed E-state index contributed by atoms with van der Waals surface area (Å²) in [5, 5.41) is 115. The number of hydrogen-bond acceptors (Lipinski definition) is 35. The predicted molar refractivity (Wildman–Crippen MR) is 449 cm³/mol. The summed E-state index contributed by atoms with van der Waals surface area (Å²) in [4.78, 5) is 131. The van der Waals surface area contributed by atoms with Crippen molar-refractivity contribution in [1.29, 1.82) is 0 Å². The van der Waals surface area contributed by atoms with Crippen LogP contribution in [0.2, 0.25) is 0 Å². The Morgan fingerprint density at radius 2 is 0.872 bits per heavy atom. The fraction of sp³-hybridized carbons (Fsp3) is 0.766. The van der Waals surface area contributed by atoms with E-state index in [-0.39, 0.29) is 124 Å². The van der Waals surface area contributed by atoms with Crippen molar-refractivity contribution in [2.24, 2.45) is 11.7 Å². The monoisotopic (exact) mass is 1930 g/mol. The molecule has 1 aliphatic heterocycles. The average Bonchev–Trinajstić information content (AvgIpc) is 1.74. The lowest BCUT2D eigenvalue weighted by Crippen LogP contribution is -2.57. The molecule has 1 unspecified atom stereocenters. The number of nitrogens with two attached hydrogens (primary N) is 1. The standard InChI is InChI=1S/C77H133IN10O36S/c1-53(2)68(76(107)85-57(10-8-20-82-77(79)108)73(104)83-55-14-12-54(13-15-55)52-124-78)86-74(105)56(84-64(96)11-4-3-7-22-88-65(97)16-17-66(88)98)9-5-6-19-80-63(95)18-23-112-25-27-114-29-31-116-33-35-118-37-39-120-41-43-122-45-46-123-44-42-121-40-38-119-36-34-117-32-30-115-28-26-113-24-21-81-75(106)62(125(109,110)111)47-67(99)87(48-58(91)69(100)71(102)60(93)50-89)49-59(92)70(101)72(103)61(94)51-90/h12-17,53,56-62,68-72,89-94,100-103H,3-11,18-52H2,1-2H3,(H,80,95)(H,81,106)(H,83,104)(H,84,96)(H,85,107)(H,86,105)(H3,79,82,108)(H,109,110,111)/t56-,57-,58-,59-,60+,61+,62?,68-,69+,70+,71+,72+/m0/s1. The number of imide groups is 1. The number of nitrogens with zero attached hydrogens (tertiary/aromatic N) is 2. The summed E-state index contributed by atoms with van der Waals surface area (Å²) < 4.78 is 105. The first-order valence-corrected chi connectivity index (χ1v) is 43.7. The van der Waals surface area contributed by atoms with Gasteiger partial charge in [0, 0.05) is 69.9 Å². The van der Waals surface area contributed by atoms with E-state index < -0.39 is 174 Å². The Balaban J connectivity index is 1.50. The number of amides is 11. The number of ether oxygens (including phenoxy) is 12. The smallest absolute Gasteiger partial charge is 0.312 e. The molecule has 20 N–H and O–H groups in total. The molecule has 720 valence electrons. The second-order valence-corrected chi connectivity index (χ2v) is 30.8. The van der Waals surface area contributed by atoms with E-state index in [4.69, 9.17) is 75.9 Å². The highest BCUT2D eigenvalue weighted by atomic mass is 127. The van der Waals surface area contributed by atoms with E-state index >= 15 is 0 Å². The molecule has 0 fully saturated rings. The highest BCUT2D eigenvalue weighted by Crippen LogP contribution is 2.18. The largest absolute Gasteiger partial charge is 0.394 e. The Hall–Kier alpha value is -6.62. The fourth-order valence-electron chi connectivity index (χ4n) is 11.3. The molecule has 48 heteroatoms. The maximum Gasteiger partial charge on any atom is 0.312 e. The van der Waals surface area contributed by atoms with Gasteiger partial charge < -0.3 is 159 Å². The van der Waals surface area contributed by atoms with E-state index in [0.29, 0.717) is 148 Å². The third-order valence-electron chi connectivity index (χ3n) is 18.3. The zero-order valence-corrected chi connectivity index (χ0v) is 73.9. The van der Waals surface area contributed by atoms with Crippen molar-refractivity contribution >= 4 is 98.0 Å². The summed E-state index contributed by atoms with van der Waals surface area (Å²) in [6, 6.07) is 2.83. The quantitative estimate of drug-likeness (QED) is 0.0125. The van der Waals surface area contributed by atoms with Crippen LogP contribution in [-0.2, 0) is 120 Å². The Kier molecular flexibility index (Phi) is 64.4. The molecule has 0 aliphatic carbocycles. The van der Waals surface area contributed by atoms with Gasteiger partial charge in [-0.3, -0.25) is 52.6 Å². The highest BCUT2D eigenvalue weighted by molar-refractivity contribution is 14.1. The number of rotatable bonds is 80. The normalized spacial score (nSPS) is 15.2. The van der Waals surface area contributed by atoms with E-state index in [1.165, 1.54) is 12.2 Å². The number of primary amides is 1. The molecule has 11 amide bonds. The molecule has 0 saturated heterocycles. The van der Waals surface area contributed by atoms with Crippen molar-refractivity contribution in [1.82, 2.24) is 41.7 Å². The first-order valence-electron chi connectivity index (χ1n) is 41.3. The third kappa shape index (κ3) is 53.8. The van der Waals surface area contributed by atoms with Crippen LogP contribution in [0.25, 0.3) is 0 Å². The van der Waals surface area contributed by atoms with E-state index in [1.54, 1.807) is 61.1 Å². The summed E-state index contributed by atoms with van der Waals surface area (Å²) in [6.45, 7) is 6.29. The van der Waals surface area contributed by atoms with Crippen molar-refractivity contribution in [3.05, 3.63) is 42.0 Å². The van der Waals surface area contributed by atoms with Gasteiger partial charge in [0.15, 0.2) is 5.25 Å². The number of benzene rings is 1. The molecule has 1 aliphatic rings. The number of nitrogens with one attached hydrogen (secondary N) is 7. The topological polar surface area (TPSA) is 664 Å². The van der Waals surface area contributed by atoms with Crippen LogP contribution in [0.3, 0.4) is 0 Å². The molecule has 46 nitrogen and oxygen atoms in total. The number of hydrogen-bond donors (Lipinski definition) is 19. The van der Waals surface area contributed by atoms with E-state index in [0.717, 1.165) is 10.5 Å². The van der Waals surface area contributed by atoms with Crippen LogP contribution >= 0.6 is 23.0 Å². The van der Waals surface area contributed by atoms with Crippen LogP contribution in [0, 0.1) is 5.92 Å². The molecule has 12 atom stereocenters. The molecule has 0 bridgehead atoms. The molecule has 1 aromatic carbocycles. The molecule has 125 heavy (non-hydrogen) atoms. The summed E-state index contributed by atoms with van der Waals surface area (Å²) in [5.74, 6) is -6.61. The lowest BCUT2D eigenvalue weighted by atomic mass is 10.0. The summed E-state index contributed by atoms with van der Waals surface area (Å²) >= 11 is 1.78. The zero-order chi connectivity index (χ0) is 92.6. The van der Waals surface area contributed by atoms with E-state index in [9.17, 15) is 102 Å². The Morgan fingerprint density at radius 3 is 1.30 bits per heavy atom. The molecule has 0 radical (unpaired) electrons. The number of aliphatic hydroxyl groups excluding tert-OH is 10. The van der Waals surface area contributed by atoms with Crippen LogP contribution in [0.5, 0.6) is 0 Å². The zero-order valence-electron chi connectivity index (χ0n) is 71.0. The molecule has 0 spiro atoms.